The van der Waals surface area contributed by atoms with Gasteiger partial charge in [-0.2, -0.15) is 4.31 Å². The van der Waals surface area contributed by atoms with Crippen LogP contribution in [0.3, 0.4) is 0 Å². The molecule has 0 spiro atoms. The molecule has 22 heavy (non-hydrogen) atoms. The Morgan fingerprint density at radius 1 is 1.14 bits per heavy atom. The zero-order valence-corrected chi connectivity index (χ0v) is 13.2. The van der Waals surface area contributed by atoms with Crippen LogP contribution in [0.25, 0.3) is 0 Å². The van der Waals surface area contributed by atoms with Crippen LogP contribution < -0.4 is 0 Å². The van der Waals surface area contributed by atoms with Crippen molar-refractivity contribution in [3.8, 4) is 0 Å². The Hall–Kier alpha value is -1.72. The Balaban J connectivity index is 1.73. The third-order valence-corrected chi connectivity index (χ3v) is 5.99. The van der Waals surface area contributed by atoms with Gasteiger partial charge in [-0.15, -0.1) is 0 Å². The zero-order valence-electron chi connectivity index (χ0n) is 12.4. The number of benzene rings is 1. The molecule has 1 atom stereocenters. The van der Waals surface area contributed by atoms with Gasteiger partial charge in [-0.05, 0) is 48.9 Å². The van der Waals surface area contributed by atoms with Crippen LogP contribution in [-0.2, 0) is 16.4 Å². The highest BCUT2D eigenvalue weighted by Gasteiger charge is 2.30. The summed E-state index contributed by atoms with van der Waals surface area (Å²) >= 11 is 0. The molecule has 116 valence electrons. The van der Waals surface area contributed by atoms with E-state index in [2.05, 4.69) is 11.1 Å². The highest BCUT2D eigenvalue weighted by molar-refractivity contribution is 7.89. The first-order valence-corrected chi connectivity index (χ1v) is 9.04. The molecule has 1 aliphatic heterocycles. The number of sulfonamides is 1. The quantitative estimate of drug-likeness (QED) is 0.871. The lowest BCUT2D eigenvalue weighted by molar-refractivity contribution is 0.265. The van der Waals surface area contributed by atoms with Gasteiger partial charge in [-0.25, -0.2) is 8.42 Å². The first kappa shape index (κ1) is 15.2. The fraction of sp³-hybridized carbons (Fsp3) is 0.353. The van der Waals surface area contributed by atoms with Crippen molar-refractivity contribution in [3.05, 3.63) is 60.4 Å². The highest BCUT2D eigenvalue weighted by Crippen LogP contribution is 2.25. The SMILES string of the molecule is O=S(=O)(c1ccccc1)N1CCCC(Cc2cccnc2)C1. The molecule has 1 saturated heterocycles. The van der Waals surface area contributed by atoms with Gasteiger partial charge in [0.05, 0.1) is 4.90 Å². The molecule has 1 unspecified atom stereocenters. The Kier molecular flexibility index (Phi) is 4.55. The standard InChI is InChI=1S/C17H20N2O2S/c20-22(21,17-8-2-1-3-9-17)19-11-5-7-16(14-19)12-15-6-4-10-18-13-15/h1-4,6,8-10,13,16H,5,7,11-12,14H2. The normalized spacial score (nSPS) is 19.9. The molecule has 0 aliphatic carbocycles. The van der Waals surface area contributed by atoms with Crippen LogP contribution in [0.15, 0.2) is 59.8 Å². The Labute approximate surface area is 131 Å². The first-order chi connectivity index (χ1) is 10.7. The van der Waals surface area contributed by atoms with E-state index in [1.165, 1.54) is 5.56 Å². The number of hydrogen-bond donors (Lipinski definition) is 0. The van der Waals surface area contributed by atoms with Crippen molar-refractivity contribution >= 4 is 10.0 Å². The Morgan fingerprint density at radius 3 is 2.68 bits per heavy atom. The second-order valence-electron chi connectivity index (χ2n) is 5.75. The lowest BCUT2D eigenvalue weighted by Gasteiger charge is -2.32. The molecule has 2 aromatic rings. The molecule has 0 N–H and O–H groups in total. The van der Waals surface area contributed by atoms with Crippen molar-refractivity contribution in [2.75, 3.05) is 13.1 Å². The first-order valence-electron chi connectivity index (χ1n) is 7.60. The van der Waals surface area contributed by atoms with Gasteiger partial charge in [-0.3, -0.25) is 4.98 Å². The fourth-order valence-corrected chi connectivity index (χ4v) is 4.58. The maximum absolute atomic E-state index is 12.7. The van der Waals surface area contributed by atoms with Crippen molar-refractivity contribution in [1.29, 1.82) is 0 Å². The number of piperidine rings is 1. The van der Waals surface area contributed by atoms with E-state index in [-0.39, 0.29) is 0 Å². The number of pyridine rings is 1. The van der Waals surface area contributed by atoms with Gasteiger partial charge in [-0.1, -0.05) is 24.3 Å². The van der Waals surface area contributed by atoms with E-state index in [1.54, 1.807) is 34.8 Å². The molecule has 5 heteroatoms. The largest absolute Gasteiger partial charge is 0.264 e. The molecular formula is C17H20N2O2S. The maximum Gasteiger partial charge on any atom is 0.243 e. The number of aromatic nitrogens is 1. The summed E-state index contributed by atoms with van der Waals surface area (Å²) in [5, 5.41) is 0. The molecule has 2 heterocycles. The fourth-order valence-electron chi connectivity index (χ4n) is 3.01. The average molecular weight is 316 g/mol. The van der Waals surface area contributed by atoms with E-state index in [9.17, 15) is 8.42 Å². The van der Waals surface area contributed by atoms with E-state index in [4.69, 9.17) is 0 Å². The summed E-state index contributed by atoms with van der Waals surface area (Å²) in [6.45, 7) is 1.20. The minimum atomic E-state index is -3.37. The third-order valence-electron chi connectivity index (χ3n) is 4.11. The molecule has 0 amide bonds. The predicted octanol–water partition coefficient (Wildman–Crippen LogP) is 2.73. The summed E-state index contributed by atoms with van der Waals surface area (Å²) in [5.41, 5.74) is 1.17. The zero-order chi connectivity index (χ0) is 15.4. The van der Waals surface area contributed by atoms with Crippen LogP contribution in [0.1, 0.15) is 18.4 Å². The summed E-state index contributed by atoms with van der Waals surface area (Å²) in [6.07, 6.45) is 6.49. The van der Waals surface area contributed by atoms with Gasteiger partial charge in [0.25, 0.3) is 0 Å². The van der Waals surface area contributed by atoms with Crippen molar-refractivity contribution in [3.63, 3.8) is 0 Å². The minimum absolute atomic E-state index is 0.358. The average Bonchev–Trinajstić information content (AvgIpc) is 2.57. The van der Waals surface area contributed by atoms with Crippen LogP contribution in [0.4, 0.5) is 0 Å². The minimum Gasteiger partial charge on any atom is -0.264 e. The van der Waals surface area contributed by atoms with Crippen LogP contribution in [0.5, 0.6) is 0 Å². The predicted molar refractivity (Wildman–Crippen MR) is 85.9 cm³/mol. The maximum atomic E-state index is 12.7. The topological polar surface area (TPSA) is 50.3 Å². The second kappa shape index (κ2) is 6.58. The summed E-state index contributed by atoms with van der Waals surface area (Å²) in [4.78, 5) is 4.52. The van der Waals surface area contributed by atoms with Crippen LogP contribution in [0.2, 0.25) is 0 Å². The molecule has 1 aromatic carbocycles. The molecule has 1 fully saturated rings. The highest BCUT2D eigenvalue weighted by atomic mass is 32.2. The molecule has 1 aromatic heterocycles. The Morgan fingerprint density at radius 2 is 1.95 bits per heavy atom. The molecular weight excluding hydrogens is 296 g/mol. The van der Waals surface area contributed by atoms with E-state index in [0.29, 0.717) is 23.9 Å². The molecule has 0 radical (unpaired) electrons. The number of nitrogens with zero attached hydrogens (tertiary/aromatic N) is 2. The van der Waals surface area contributed by atoms with Gasteiger partial charge in [0.15, 0.2) is 0 Å². The van der Waals surface area contributed by atoms with E-state index in [1.807, 2.05) is 18.3 Å². The van der Waals surface area contributed by atoms with Gasteiger partial charge in [0, 0.05) is 25.5 Å². The Bertz CT molecular complexity index is 702. The number of hydrogen-bond acceptors (Lipinski definition) is 3. The van der Waals surface area contributed by atoms with Crippen LogP contribution in [-0.4, -0.2) is 30.8 Å². The van der Waals surface area contributed by atoms with E-state index in [0.717, 1.165) is 19.3 Å². The monoisotopic (exact) mass is 316 g/mol. The molecule has 0 saturated carbocycles. The molecule has 0 bridgehead atoms. The van der Waals surface area contributed by atoms with Gasteiger partial charge < -0.3 is 0 Å². The lowest BCUT2D eigenvalue weighted by atomic mass is 9.93. The van der Waals surface area contributed by atoms with Gasteiger partial charge in [0.1, 0.15) is 0 Å². The lowest BCUT2D eigenvalue weighted by Crippen LogP contribution is -2.40. The van der Waals surface area contributed by atoms with Crippen LogP contribution in [0, 0.1) is 5.92 Å². The molecule has 3 rings (SSSR count). The van der Waals surface area contributed by atoms with E-state index >= 15 is 0 Å². The third kappa shape index (κ3) is 3.36. The summed E-state index contributed by atoms with van der Waals surface area (Å²) in [7, 11) is -3.37. The summed E-state index contributed by atoms with van der Waals surface area (Å²) in [5.74, 6) is 0.358. The summed E-state index contributed by atoms with van der Waals surface area (Å²) in [6, 6.07) is 12.7. The van der Waals surface area contributed by atoms with Crippen LogP contribution >= 0.6 is 0 Å². The van der Waals surface area contributed by atoms with Crippen molar-refractivity contribution in [2.45, 2.75) is 24.2 Å². The second-order valence-corrected chi connectivity index (χ2v) is 7.69. The molecule has 4 nitrogen and oxygen atoms in total. The van der Waals surface area contributed by atoms with Crippen molar-refractivity contribution in [1.82, 2.24) is 9.29 Å². The smallest absolute Gasteiger partial charge is 0.243 e. The van der Waals surface area contributed by atoms with Crippen molar-refractivity contribution < 1.29 is 8.42 Å². The van der Waals surface area contributed by atoms with Crippen molar-refractivity contribution in [2.24, 2.45) is 5.92 Å². The molecule has 1 aliphatic rings. The van der Waals surface area contributed by atoms with Gasteiger partial charge >= 0.3 is 0 Å². The summed E-state index contributed by atoms with van der Waals surface area (Å²) < 4.78 is 27.0. The van der Waals surface area contributed by atoms with E-state index < -0.39 is 10.0 Å². The van der Waals surface area contributed by atoms with Gasteiger partial charge in [0.2, 0.25) is 10.0 Å². The number of rotatable bonds is 4.